The number of ether oxygens (including phenoxy) is 1. The van der Waals surface area contributed by atoms with Gasteiger partial charge in [-0.2, -0.15) is 0 Å². The Labute approximate surface area is 175 Å². The largest absolute Gasteiger partial charge is 0.503 e. The lowest BCUT2D eigenvalue weighted by atomic mass is 10.1. The summed E-state index contributed by atoms with van der Waals surface area (Å²) >= 11 is 0. The summed E-state index contributed by atoms with van der Waals surface area (Å²) in [6.07, 6.45) is 2.70. The van der Waals surface area contributed by atoms with Gasteiger partial charge in [0, 0.05) is 24.4 Å². The second kappa shape index (κ2) is 7.16. The van der Waals surface area contributed by atoms with Crippen molar-refractivity contribution in [2.45, 2.75) is 38.2 Å². The Bertz CT molecular complexity index is 1160. The van der Waals surface area contributed by atoms with E-state index in [0.29, 0.717) is 18.6 Å². The van der Waals surface area contributed by atoms with E-state index in [2.05, 4.69) is 5.32 Å². The lowest BCUT2D eigenvalue weighted by Crippen LogP contribution is -2.50. The molecular formula is C21H19F2N3O5. The number of carbonyl (C=O) groups is 2. The molecule has 0 radical (unpaired) electrons. The van der Waals surface area contributed by atoms with Gasteiger partial charge in [0.25, 0.3) is 11.8 Å². The quantitative estimate of drug-likeness (QED) is 0.761. The first-order valence-corrected chi connectivity index (χ1v) is 9.98. The summed E-state index contributed by atoms with van der Waals surface area (Å²) in [6, 6.07) is 2.85. The minimum absolute atomic E-state index is 0.0355. The zero-order valence-electron chi connectivity index (χ0n) is 16.3. The summed E-state index contributed by atoms with van der Waals surface area (Å²) in [5.74, 6) is -3.36. The summed E-state index contributed by atoms with van der Waals surface area (Å²) in [4.78, 5) is 39.8. The summed E-state index contributed by atoms with van der Waals surface area (Å²) in [5.41, 5.74) is -1.51. The maximum Gasteiger partial charge on any atom is 0.276 e. The first kappa shape index (κ1) is 19.7. The van der Waals surface area contributed by atoms with Crippen LogP contribution in [-0.2, 0) is 17.8 Å². The Balaban J connectivity index is 1.42. The van der Waals surface area contributed by atoms with Gasteiger partial charge in [-0.1, -0.05) is 6.07 Å². The molecule has 0 spiro atoms. The number of hydrogen-bond acceptors (Lipinski definition) is 5. The van der Waals surface area contributed by atoms with Crippen molar-refractivity contribution in [3.8, 4) is 5.75 Å². The highest BCUT2D eigenvalue weighted by molar-refractivity contribution is 5.99. The van der Waals surface area contributed by atoms with Gasteiger partial charge in [-0.25, -0.2) is 8.78 Å². The number of amides is 2. The van der Waals surface area contributed by atoms with Crippen LogP contribution in [0.1, 0.15) is 39.3 Å². The fourth-order valence-electron chi connectivity index (χ4n) is 4.26. The molecule has 2 aromatic rings. The molecule has 1 saturated heterocycles. The van der Waals surface area contributed by atoms with Gasteiger partial charge in [0.05, 0.1) is 19.2 Å². The van der Waals surface area contributed by atoms with E-state index < -0.39 is 40.9 Å². The number of aromatic nitrogens is 1. The molecule has 1 aliphatic carbocycles. The minimum atomic E-state index is -0.988. The predicted octanol–water partition coefficient (Wildman–Crippen LogP) is 1.35. The van der Waals surface area contributed by atoms with Gasteiger partial charge in [0.1, 0.15) is 17.2 Å². The number of nitrogens with one attached hydrogen (secondary N) is 1. The second-order valence-corrected chi connectivity index (χ2v) is 8.05. The molecule has 3 heterocycles. The normalized spacial score (nSPS) is 22.3. The number of carbonyl (C=O) groups excluding carboxylic acids is 2. The van der Waals surface area contributed by atoms with Crippen molar-refractivity contribution < 1.29 is 28.2 Å². The Kier molecular flexibility index (Phi) is 4.54. The van der Waals surface area contributed by atoms with Crippen molar-refractivity contribution in [2.24, 2.45) is 5.92 Å². The standard InChI is InChI=1S/C21H19F2N3O5/c22-12-4-3-11(14(23)5-12)6-24-20(29)13-7-25-8-16-26(15(9-31-16)10-1-2-10)21(30)17(25)19(28)18(13)27/h3-5,7,10,15-16,28H,1-2,6,8-9H2,(H,24,29)/t15-,16-/m1/s1. The van der Waals surface area contributed by atoms with Gasteiger partial charge in [0.2, 0.25) is 5.43 Å². The number of fused-ring (bicyclic) bond motifs is 2. The lowest BCUT2D eigenvalue weighted by molar-refractivity contribution is 0.00507. The van der Waals surface area contributed by atoms with Crippen molar-refractivity contribution >= 4 is 11.8 Å². The zero-order valence-corrected chi connectivity index (χ0v) is 16.3. The minimum Gasteiger partial charge on any atom is -0.503 e. The second-order valence-electron chi connectivity index (χ2n) is 8.05. The summed E-state index contributed by atoms with van der Waals surface area (Å²) in [6.45, 7) is 0.288. The molecule has 162 valence electrons. The van der Waals surface area contributed by atoms with E-state index in [1.54, 1.807) is 4.90 Å². The average Bonchev–Trinajstić information content (AvgIpc) is 3.49. The maximum atomic E-state index is 13.8. The van der Waals surface area contributed by atoms with Crippen molar-refractivity contribution in [2.75, 3.05) is 6.61 Å². The van der Waals surface area contributed by atoms with Crippen LogP contribution in [0.15, 0.2) is 29.2 Å². The number of aromatic hydroxyl groups is 1. The molecule has 1 aromatic heterocycles. The predicted molar refractivity (Wildman–Crippen MR) is 102 cm³/mol. The molecule has 2 aliphatic heterocycles. The fourth-order valence-corrected chi connectivity index (χ4v) is 4.26. The van der Waals surface area contributed by atoms with E-state index >= 15 is 0 Å². The van der Waals surface area contributed by atoms with Crippen LogP contribution in [0.2, 0.25) is 0 Å². The summed E-state index contributed by atoms with van der Waals surface area (Å²) in [5, 5.41) is 12.8. The smallest absolute Gasteiger partial charge is 0.276 e. The number of pyridine rings is 1. The molecule has 2 atom stereocenters. The molecule has 2 fully saturated rings. The van der Waals surface area contributed by atoms with Crippen LogP contribution in [0.3, 0.4) is 0 Å². The van der Waals surface area contributed by atoms with E-state index in [4.69, 9.17) is 4.74 Å². The van der Waals surface area contributed by atoms with Crippen LogP contribution in [0.25, 0.3) is 0 Å². The third-order valence-electron chi connectivity index (χ3n) is 6.04. The topological polar surface area (TPSA) is 101 Å². The van der Waals surface area contributed by atoms with Gasteiger partial charge in [-0.05, 0) is 24.8 Å². The third-order valence-corrected chi connectivity index (χ3v) is 6.04. The Morgan fingerprint density at radius 3 is 2.74 bits per heavy atom. The van der Waals surface area contributed by atoms with Gasteiger partial charge in [-0.15, -0.1) is 0 Å². The average molecular weight is 431 g/mol. The van der Waals surface area contributed by atoms with Crippen LogP contribution < -0.4 is 10.7 Å². The van der Waals surface area contributed by atoms with Gasteiger partial charge in [0.15, 0.2) is 17.7 Å². The van der Waals surface area contributed by atoms with Crippen LogP contribution in [0.5, 0.6) is 5.75 Å². The third kappa shape index (κ3) is 3.27. The highest BCUT2D eigenvalue weighted by Gasteiger charge is 2.49. The van der Waals surface area contributed by atoms with Crippen molar-refractivity contribution in [3.63, 3.8) is 0 Å². The zero-order chi connectivity index (χ0) is 21.9. The number of rotatable bonds is 4. The van der Waals surface area contributed by atoms with E-state index in [1.165, 1.54) is 16.8 Å². The summed E-state index contributed by atoms with van der Waals surface area (Å²) in [7, 11) is 0. The molecular weight excluding hydrogens is 412 g/mol. The molecule has 10 heteroatoms. The van der Waals surface area contributed by atoms with Gasteiger partial charge in [-0.3, -0.25) is 14.4 Å². The monoisotopic (exact) mass is 431 g/mol. The van der Waals surface area contributed by atoms with Crippen molar-refractivity contribution in [3.05, 3.63) is 63.1 Å². The molecule has 31 heavy (non-hydrogen) atoms. The van der Waals surface area contributed by atoms with Crippen molar-refractivity contribution in [1.29, 1.82) is 0 Å². The molecule has 2 N–H and O–H groups in total. The molecule has 2 amide bonds. The molecule has 1 aromatic carbocycles. The fraction of sp³-hybridized carbons (Fsp3) is 0.381. The van der Waals surface area contributed by atoms with Crippen molar-refractivity contribution in [1.82, 2.24) is 14.8 Å². The Morgan fingerprint density at radius 2 is 2.03 bits per heavy atom. The van der Waals surface area contributed by atoms with Gasteiger partial charge >= 0.3 is 0 Å². The highest BCUT2D eigenvalue weighted by atomic mass is 19.1. The number of nitrogens with zero attached hydrogens (tertiary/aromatic N) is 2. The first-order valence-electron chi connectivity index (χ1n) is 9.98. The van der Waals surface area contributed by atoms with Crippen LogP contribution in [0, 0.1) is 17.6 Å². The number of hydrogen-bond donors (Lipinski definition) is 2. The van der Waals surface area contributed by atoms with Gasteiger partial charge < -0.3 is 24.6 Å². The highest BCUT2D eigenvalue weighted by Crippen LogP contribution is 2.41. The Morgan fingerprint density at radius 1 is 1.26 bits per heavy atom. The van der Waals surface area contributed by atoms with E-state index in [0.717, 1.165) is 18.9 Å². The SMILES string of the molecule is O=C(NCc1ccc(F)cc1F)c1cn2c(c(O)c1=O)C(=O)N1[C@@H](C3CC3)CO[C@@H]1C2. The van der Waals surface area contributed by atoms with E-state index in [9.17, 15) is 28.3 Å². The van der Waals surface area contributed by atoms with E-state index in [1.807, 2.05) is 0 Å². The lowest BCUT2D eigenvalue weighted by Gasteiger charge is -2.34. The molecule has 3 aliphatic rings. The molecule has 5 rings (SSSR count). The van der Waals surface area contributed by atoms with Crippen LogP contribution >= 0.6 is 0 Å². The maximum absolute atomic E-state index is 13.8. The van der Waals surface area contributed by atoms with Crippen LogP contribution in [-0.4, -0.2) is 45.3 Å². The van der Waals surface area contributed by atoms with E-state index in [-0.39, 0.29) is 36.0 Å². The summed E-state index contributed by atoms with van der Waals surface area (Å²) < 4.78 is 33.9. The number of halogens is 2. The number of benzene rings is 1. The Hall–Kier alpha value is -3.27. The van der Waals surface area contributed by atoms with Crippen LogP contribution in [0.4, 0.5) is 8.78 Å². The molecule has 1 saturated carbocycles. The molecule has 0 unspecified atom stereocenters. The molecule has 8 nitrogen and oxygen atoms in total. The first-order chi connectivity index (χ1) is 14.8. The molecule has 0 bridgehead atoms.